The Morgan fingerprint density at radius 2 is 2.04 bits per heavy atom. The average Bonchev–Trinajstić information content (AvgIpc) is 2.91. The number of ether oxygens (including phenoxy) is 2. The fourth-order valence-corrected chi connectivity index (χ4v) is 2.73. The molecule has 0 aliphatic heterocycles. The zero-order valence-corrected chi connectivity index (χ0v) is 14.2. The second-order valence-corrected chi connectivity index (χ2v) is 5.56. The molecular weight excluding hydrogens is 328 g/mol. The topological polar surface area (TPSA) is 110 Å². The van der Waals surface area contributed by atoms with Crippen molar-refractivity contribution in [3.63, 3.8) is 0 Å². The molecule has 0 fully saturated rings. The van der Waals surface area contributed by atoms with Crippen LogP contribution in [0.4, 0.5) is 0 Å². The first-order valence-corrected chi connectivity index (χ1v) is 7.81. The number of carboxylic acid groups (broad SMARTS) is 2. The zero-order valence-electron chi connectivity index (χ0n) is 14.2. The van der Waals surface area contributed by atoms with E-state index in [1.165, 1.54) is 11.7 Å². The molecule has 0 amide bonds. The highest BCUT2D eigenvalue weighted by atomic mass is 16.5. The first kappa shape index (κ1) is 18.8. The summed E-state index contributed by atoms with van der Waals surface area (Å²) in [5.41, 5.74) is 1.14. The maximum absolute atomic E-state index is 11.7. The minimum atomic E-state index is -1.03. The Morgan fingerprint density at radius 3 is 2.64 bits per heavy atom. The molecule has 1 aromatic heterocycles. The van der Waals surface area contributed by atoms with Crippen LogP contribution in [0.25, 0.3) is 10.9 Å². The molecule has 8 heteroatoms. The summed E-state index contributed by atoms with van der Waals surface area (Å²) in [5, 5.41) is 22.3. The predicted octanol–water partition coefficient (Wildman–Crippen LogP) is 1.49. The third-order valence-electron chi connectivity index (χ3n) is 3.86. The Bertz CT molecular complexity index is 755. The lowest BCUT2D eigenvalue weighted by molar-refractivity contribution is -0.139. The summed E-state index contributed by atoms with van der Waals surface area (Å²) in [6, 6.07) is 4.20. The lowest BCUT2D eigenvalue weighted by Crippen LogP contribution is -2.29. The van der Waals surface area contributed by atoms with E-state index < -0.39 is 18.0 Å². The van der Waals surface area contributed by atoms with E-state index in [-0.39, 0.29) is 6.54 Å². The van der Waals surface area contributed by atoms with Gasteiger partial charge in [0.05, 0.1) is 7.11 Å². The van der Waals surface area contributed by atoms with Gasteiger partial charge in [0.15, 0.2) is 0 Å². The van der Waals surface area contributed by atoms with Crippen LogP contribution in [-0.4, -0.2) is 54.1 Å². The van der Waals surface area contributed by atoms with Crippen molar-refractivity contribution < 1.29 is 29.3 Å². The molecule has 0 aliphatic carbocycles. The molecule has 0 unspecified atom stereocenters. The molecule has 1 atom stereocenters. The molecule has 136 valence electrons. The number of carbonyl (C=O) groups is 2. The van der Waals surface area contributed by atoms with Gasteiger partial charge in [0.1, 0.15) is 18.3 Å². The zero-order chi connectivity index (χ0) is 18.4. The normalized spacial score (nSPS) is 12.2. The lowest BCUT2D eigenvalue weighted by Gasteiger charge is -2.14. The van der Waals surface area contributed by atoms with E-state index in [4.69, 9.17) is 14.6 Å². The van der Waals surface area contributed by atoms with Gasteiger partial charge in [-0.3, -0.25) is 9.59 Å². The fraction of sp³-hybridized carbons (Fsp3) is 0.412. The summed E-state index contributed by atoms with van der Waals surface area (Å²) in [6.45, 7) is 0.729. The maximum Gasteiger partial charge on any atom is 0.325 e. The number of benzene rings is 1. The predicted molar refractivity (Wildman–Crippen MR) is 91.0 cm³/mol. The molecule has 2 aromatic rings. The van der Waals surface area contributed by atoms with E-state index in [0.29, 0.717) is 41.8 Å². The van der Waals surface area contributed by atoms with Gasteiger partial charge >= 0.3 is 11.9 Å². The molecule has 0 spiro atoms. The molecule has 0 radical (unpaired) electrons. The van der Waals surface area contributed by atoms with E-state index in [1.54, 1.807) is 31.5 Å². The van der Waals surface area contributed by atoms with Crippen LogP contribution in [0.3, 0.4) is 0 Å². The largest absolute Gasteiger partial charge is 0.497 e. The number of nitrogens with zero attached hydrogens (tertiary/aromatic N) is 1. The Morgan fingerprint density at radius 1 is 1.28 bits per heavy atom. The van der Waals surface area contributed by atoms with Crippen LogP contribution in [0, 0.1) is 0 Å². The van der Waals surface area contributed by atoms with Crippen LogP contribution in [0.5, 0.6) is 5.75 Å². The fourth-order valence-electron chi connectivity index (χ4n) is 2.73. The Labute approximate surface area is 145 Å². The van der Waals surface area contributed by atoms with E-state index in [9.17, 15) is 14.7 Å². The molecule has 0 aliphatic rings. The van der Waals surface area contributed by atoms with Crippen LogP contribution in [-0.2, 0) is 20.9 Å². The first-order valence-electron chi connectivity index (χ1n) is 7.81. The first-order chi connectivity index (χ1) is 12.0. The molecule has 0 saturated carbocycles. The van der Waals surface area contributed by atoms with Gasteiger partial charge in [0.2, 0.25) is 0 Å². The quantitative estimate of drug-likeness (QED) is 0.557. The summed E-state index contributed by atoms with van der Waals surface area (Å²) >= 11 is 0. The standard InChI is InChI=1S/C17H22N2O6/c1-24-7-3-6-18-16(17(22)23)13-9-19(10-15(20)21)14-5-4-11(25-2)8-12(13)14/h4-5,8-9,16,18H,3,6-7,10H2,1-2H3,(H,20,21)(H,22,23)/t16-/m0/s1. The minimum Gasteiger partial charge on any atom is -0.497 e. The smallest absolute Gasteiger partial charge is 0.325 e. The number of carboxylic acids is 2. The number of rotatable bonds is 10. The molecule has 2 rings (SSSR count). The highest BCUT2D eigenvalue weighted by Crippen LogP contribution is 2.30. The number of aromatic nitrogens is 1. The second kappa shape index (κ2) is 8.50. The summed E-state index contributed by atoms with van der Waals surface area (Å²) in [6.07, 6.45) is 2.23. The molecule has 8 nitrogen and oxygen atoms in total. The Kier molecular flexibility index (Phi) is 6.37. The van der Waals surface area contributed by atoms with Crippen molar-refractivity contribution in [3.8, 4) is 5.75 Å². The van der Waals surface area contributed by atoms with Crippen LogP contribution in [0.15, 0.2) is 24.4 Å². The highest BCUT2D eigenvalue weighted by Gasteiger charge is 2.24. The van der Waals surface area contributed by atoms with Crippen LogP contribution in [0.1, 0.15) is 18.0 Å². The van der Waals surface area contributed by atoms with Gasteiger partial charge < -0.3 is 29.6 Å². The minimum absolute atomic E-state index is 0.251. The maximum atomic E-state index is 11.7. The molecular formula is C17H22N2O6. The summed E-state index contributed by atoms with van der Waals surface area (Å²) < 4.78 is 11.7. The van der Waals surface area contributed by atoms with E-state index in [1.807, 2.05) is 0 Å². The third kappa shape index (κ3) is 4.49. The Balaban J connectivity index is 2.44. The van der Waals surface area contributed by atoms with Crippen molar-refractivity contribution in [1.82, 2.24) is 9.88 Å². The van der Waals surface area contributed by atoms with Gasteiger partial charge in [-0.05, 0) is 31.2 Å². The van der Waals surface area contributed by atoms with Crippen molar-refractivity contribution in [2.24, 2.45) is 0 Å². The molecule has 0 saturated heterocycles. The van der Waals surface area contributed by atoms with Crippen LogP contribution in [0.2, 0.25) is 0 Å². The van der Waals surface area contributed by atoms with E-state index in [0.717, 1.165) is 0 Å². The van der Waals surface area contributed by atoms with Crippen LogP contribution < -0.4 is 10.1 Å². The number of hydrogen-bond donors (Lipinski definition) is 3. The van der Waals surface area contributed by atoms with Crippen molar-refractivity contribution >= 4 is 22.8 Å². The Hall–Kier alpha value is -2.58. The summed E-state index contributed by atoms with van der Waals surface area (Å²) in [5.74, 6) is -1.46. The third-order valence-corrected chi connectivity index (χ3v) is 3.86. The van der Waals surface area contributed by atoms with Gasteiger partial charge in [-0.2, -0.15) is 0 Å². The molecule has 25 heavy (non-hydrogen) atoms. The average molecular weight is 350 g/mol. The number of fused-ring (bicyclic) bond motifs is 1. The SMILES string of the molecule is COCCCN[C@H](C(=O)O)c1cn(CC(=O)O)c2ccc(OC)cc12. The van der Waals surface area contributed by atoms with Gasteiger partial charge in [-0.1, -0.05) is 0 Å². The van der Waals surface area contributed by atoms with Gasteiger partial charge in [-0.15, -0.1) is 0 Å². The number of hydrogen-bond acceptors (Lipinski definition) is 5. The number of methoxy groups -OCH3 is 2. The van der Waals surface area contributed by atoms with Gasteiger partial charge in [0.25, 0.3) is 0 Å². The summed E-state index contributed by atoms with van der Waals surface area (Å²) in [7, 11) is 3.10. The summed E-state index contributed by atoms with van der Waals surface area (Å²) in [4.78, 5) is 22.8. The highest BCUT2D eigenvalue weighted by molar-refractivity contribution is 5.91. The van der Waals surface area contributed by atoms with Gasteiger partial charge in [-0.25, -0.2) is 0 Å². The molecule has 1 heterocycles. The van der Waals surface area contributed by atoms with Crippen molar-refractivity contribution in [3.05, 3.63) is 30.0 Å². The van der Waals surface area contributed by atoms with E-state index >= 15 is 0 Å². The van der Waals surface area contributed by atoms with Crippen molar-refractivity contribution in [1.29, 1.82) is 0 Å². The van der Waals surface area contributed by atoms with Gasteiger partial charge in [0, 0.05) is 36.4 Å². The number of aliphatic carboxylic acids is 2. The lowest BCUT2D eigenvalue weighted by atomic mass is 10.1. The van der Waals surface area contributed by atoms with Crippen molar-refractivity contribution in [2.75, 3.05) is 27.4 Å². The van der Waals surface area contributed by atoms with Crippen LogP contribution >= 0.6 is 0 Å². The number of nitrogens with one attached hydrogen (secondary N) is 1. The second-order valence-electron chi connectivity index (χ2n) is 5.56. The molecule has 3 N–H and O–H groups in total. The monoisotopic (exact) mass is 350 g/mol. The van der Waals surface area contributed by atoms with E-state index in [2.05, 4.69) is 5.32 Å². The molecule has 1 aromatic carbocycles. The van der Waals surface area contributed by atoms with Crippen molar-refractivity contribution in [2.45, 2.75) is 19.0 Å². The molecule has 0 bridgehead atoms.